The molecule has 0 N–H and O–H groups in total. The lowest BCUT2D eigenvalue weighted by atomic mass is 10.0. The molecule has 8 rings (SSSR count). The SMILES string of the molecule is CCCCCCCCc1ccc(N(c2ccc(CCCCCCCCOCC3CO3)cc2)c2ccc(-c3ccc(N(c4ccc(CCCCCCCC)cc4)c4ccc(C(CCCCCCC)OCC5CO5)cc4)cc3)cc2)cc1. The maximum Gasteiger partial charge on any atom is 0.104 e. The van der Waals surface area contributed by atoms with E-state index in [-0.39, 0.29) is 12.2 Å². The van der Waals surface area contributed by atoms with Gasteiger partial charge in [0, 0.05) is 40.7 Å². The highest BCUT2D eigenvalue weighted by Gasteiger charge is 2.25. The fraction of sp³-hybridized carbons (Fsp3) is 0.514. The average molecular weight is 1080 g/mol. The highest BCUT2D eigenvalue weighted by molar-refractivity contribution is 5.81. The van der Waals surface area contributed by atoms with Crippen LogP contribution in [0.15, 0.2) is 146 Å². The average Bonchev–Trinajstić information content (AvgIpc) is 4.56. The zero-order chi connectivity index (χ0) is 55.2. The van der Waals surface area contributed by atoms with Crippen molar-refractivity contribution in [2.45, 2.75) is 212 Å². The summed E-state index contributed by atoms with van der Waals surface area (Å²) in [5.41, 5.74) is 14.9. The molecule has 80 heavy (non-hydrogen) atoms. The third kappa shape index (κ3) is 20.9. The number of rotatable bonds is 42. The van der Waals surface area contributed by atoms with E-state index >= 15 is 0 Å². The molecule has 0 bridgehead atoms. The monoisotopic (exact) mass is 1080 g/mol. The Morgan fingerprint density at radius 1 is 0.362 bits per heavy atom. The van der Waals surface area contributed by atoms with Gasteiger partial charge in [-0.1, -0.05) is 216 Å². The summed E-state index contributed by atoms with van der Waals surface area (Å²) < 4.78 is 23.1. The summed E-state index contributed by atoms with van der Waals surface area (Å²) in [6.45, 7) is 10.9. The first kappa shape index (κ1) is 60.8. The summed E-state index contributed by atoms with van der Waals surface area (Å²) in [6, 6.07) is 55.6. The van der Waals surface area contributed by atoms with Crippen LogP contribution in [-0.2, 0) is 38.2 Å². The Bertz CT molecular complexity index is 2550. The summed E-state index contributed by atoms with van der Waals surface area (Å²) in [5, 5.41) is 0. The molecule has 0 aliphatic carbocycles. The maximum atomic E-state index is 6.54. The van der Waals surface area contributed by atoms with E-state index in [1.54, 1.807) is 0 Å². The molecule has 2 heterocycles. The van der Waals surface area contributed by atoms with Gasteiger partial charge in [-0.15, -0.1) is 0 Å². The predicted molar refractivity (Wildman–Crippen MR) is 339 cm³/mol. The van der Waals surface area contributed by atoms with Gasteiger partial charge in [0.05, 0.1) is 32.5 Å². The molecule has 0 saturated carbocycles. The number of benzene rings is 6. The standard InChI is InChI=1S/C74H100N2O4/c1-4-7-10-13-18-22-27-60-31-43-66(44-32-60)75(67-45-33-62(34-46-67)29-24-20-15-16-21-26-55-77-56-72-57-78-72)69-49-37-63(38-50-69)64-39-51-70(52-40-64)76(68-47-35-61(36-48-68)28-23-19-14-11-8-5-2)71-53-41-65(42-54-71)74(80-59-73-58-79-73)30-25-17-12-9-6-3/h31-54,72-74H,4-30,55-59H2,1-3H3. The number of hydrogen-bond donors (Lipinski definition) is 0. The third-order valence-corrected chi connectivity index (χ3v) is 16.5. The van der Waals surface area contributed by atoms with E-state index in [4.69, 9.17) is 18.9 Å². The number of anilines is 6. The molecule has 6 nitrogen and oxygen atoms in total. The van der Waals surface area contributed by atoms with Gasteiger partial charge >= 0.3 is 0 Å². The Hall–Kier alpha value is -5.24. The molecule has 0 radical (unpaired) electrons. The molecule has 2 saturated heterocycles. The molecule has 2 aliphatic heterocycles. The quantitative estimate of drug-likeness (QED) is 0.0281. The van der Waals surface area contributed by atoms with Crippen LogP contribution in [0.2, 0.25) is 0 Å². The summed E-state index contributed by atoms with van der Waals surface area (Å²) in [6.07, 6.45) is 34.7. The molecular formula is C74H100N2O4. The number of aryl methyl sites for hydroxylation is 3. The van der Waals surface area contributed by atoms with Gasteiger partial charge in [0.1, 0.15) is 12.2 Å². The topological polar surface area (TPSA) is 50.0 Å². The summed E-state index contributed by atoms with van der Waals surface area (Å²) >= 11 is 0. The molecule has 0 spiro atoms. The first-order valence-electron chi connectivity index (χ1n) is 32.2. The molecule has 0 aromatic heterocycles. The minimum absolute atomic E-state index is 0.0767. The van der Waals surface area contributed by atoms with Crippen molar-refractivity contribution in [2.24, 2.45) is 0 Å². The molecule has 6 heteroatoms. The van der Waals surface area contributed by atoms with Gasteiger partial charge in [-0.2, -0.15) is 0 Å². The van der Waals surface area contributed by atoms with E-state index in [0.717, 1.165) is 75.6 Å². The maximum absolute atomic E-state index is 6.54. The summed E-state index contributed by atoms with van der Waals surface area (Å²) in [5.74, 6) is 0. The number of nitrogens with zero attached hydrogens (tertiary/aromatic N) is 2. The van der Waals surface area contributed by atoms with Crippen LogP contribution >= 0.6 is 0 Å². The van der Waals surface area contributed by atoms with Crippen molar-refractivity contribution in [3.63, 3.8) is 0 Å². The van der Waals surface area contributed by atoms with Gasteiger partial charge in [0.15, 0.2) is 0 Å². The van der Waals surface area contributed by atoms with Crippen LogP contribution in [0.25, 0.3) is 11.1 Å². The van der Waals surface area contributed by atoms with Crippen LogP contribution in [0.3, 0.4) is 0 Å². The summed E-state index contributed by atoms with van der Waals surface area (Å²) in [7, 11) is 0. The van der Waals surface area contributed by atoms with Crippen LogP contribution in [0, 0.1) is 0 Å². The molecule has 6 aromatic rings. The van der Waals surface area contributed by atoms with Crippen molar-refractivity contribution in [3.05, 3.63) is 168 Å². The van der Waals surface area contributed by atoms with Crippen molar-refractivity contribution in [3.8, 4) is 11.1 Å². The van der Waals surface area contributed by atoms with Gasteiger partial charge in [-0.25, -0.2) is 0 Å². The third-order valence-electron chi connectivity index (χ3n) is 16.5. The molecular weight excluding hydrogens is 981 g/mol. The smallest absolute Gasteiger partial charge is 0.104 e. The predicted octanol–water partition coefficient (Wildman–Crippen LogP) is 21.2. The van der Waals surface area contributed by atoms with Crippen molar-refractivity contribution < 1.29 is 18.9 Å². The molecule has 430 valence electrons. The Morgan fingerprint density at radius 2 is 0.675 bits per heavy atom. The van der Waals surface area contributed by atoms with Gasteiger partial charge in [-0.3, -0.25) is 0 Å². The molecule has 0 amide bonds. The highest BCUT2D eigenvalue weighted by Crippen LogP contribution is 2.40. The summed E-state index contributed by atoms with van der Waals surface area (Å²) in [4.78, 5) is 4.84. The lowest BCUT2D eigenvalue weighted by Gasteiger charge is -2.27. The minimum atomic E-state index is 0.0767. The molecule has 3 unspecified atom stereocenters. The Labute approximate surface area is 485 Å². The first-order valence-corrected chi connectivity index (χ1v) is 32.2. The van der Waals surface area contributed by atoms with Crippen molar-refractivity contribution in [2.75, 3.05) is 42.8 Å². The van der Waals surface area contributed by atoms with Gasteiger partial charge < -0.3 is 28.7 Å². The van der Waals surface area contributed by atoms with E-state index in [9.17, 15) is 0 Å². The first-order chi connectivity index (χ1) is 39.6. The lowest BCUT2D eigenvalue weighted by molar-refractivity contribution is 0.0346. The second-order valence-corrected chi connectivity index (χ2v) is 23.3. The molecule has 2 fully saturated rings. The number of unbranched alkanes of at least 4 members (excludes halogenated alkanes) is 19. The van der Waals surface area contributed by atoms with Crippen LogP contribution in [0.5, 0.6) is 0 Å². The Morgan fingerprint density at radius 3 is 1.05 bits per heavy atom. The van der Waals surface area contributed by atoms with E-state index < -0.39 is 0 Å². The largest absolute Gasteiger partial charge is 0.379 e. The van der Waals surface area contributed by atoms with E-state index in [1.165, 1.54) is 192 Å². The number of hydrogen-bond acceptors (Lipinski definition) is 6. The molecule has 2 aliphatic rings. The second kappa shape index (κ2) is 34.9. The van der Waals surface area contributed by atoms with E-state index in [0.29, 0.717) is 12.7 Å². The zero-order valence-corrected chi connectivity index (χ0v) is 49.7. The Kier molecular flexibility index (Phi) is 26.6. The van der Waals surface area contributed by atoms with Gasteiger partial charge in [-0.05, 0) is 158 Å². The van der Waals surface area contributed by atoms with Gasteiger partial charge in [0.2, 0.25) is 0 Å². The van der Waals surface area contributed by atoms with Crippen LogP contribution in [-0.4, -0.2) is 45.2 Å². The zero-order valence-electron chi connectivity index (χ0n) is 49.7. The van der Waals surface area contributed by atoms with E-state index in [2.05, 4.69) is 176 Å². The van der Waals surface area contributed by atoms with Gasteiger partial charge in [0.25, 0.3) is 0 Å². The van der Waals surface area contributed by atoms with Crippen molar-refractivity contribution >= 4 is 34.1 Å². The fourth-order valence-electron chi connectivity index (χ4n) is 11.3. The van der Waals surface area contributed by atoms with Crippen molar-refractivity contribution in [1.82, 2.24) is 0 Å². The molecule has 3 atom stereocenters. The van der Waals surface area contributed by atoms with Crippen LogP contribution in [0.4, 0.5) is 34.1 Å². The van der Waals surface area contributed by atoms with Crippen LogP contribution in [0.1, 0.15) is 203 Å². The lowest BCUT2D eigenvalue weighted by Crippen LogP contribution is -2.12. The van der Waals surface area contributed by atoms with Crippen molar-refractivity contribution in [1.29, 1.82) is 0 Å². The highest BCUT2D eigenvalue weighted by atomic mass is 16.6. The van der Waals surface area contributed by atoms with Crippen LogP contribution < -0.4 is 9.80 Å². The minimum Gasteiger partial charge on any atom is -0.379 e. The number of ether oxygens (including phenoxy) is 4. The molecule has 6 aromatic carbocycles. The number of epoxide rings is 2. The Balaban J connectivity index is 0.965. The fourth-order valence-corrected chi connectivity index (χ4v) is 11.3. The second-order valence-electron chi connectivity index (χ2n) is 23.3. The van der Waals surface area contributed by atoms with E-state index in [1.807, 2.05) is 0 Å². The normalized spacial score (nSPS) is 15.0.